The Morgan fingerprint density at radius 1 is 1.24 bits per heavy atom. The highest BCUT2D eigenvalue weighted by Crippen LogP contribution is 2.19. The Morgan fingerprint density at radius 2 is 1.92 bits per heavy atom. The number of esters is 1. The molecule has 1 aromatic carbocycles. The van der Waals surface area contributed by atoms with Crippen LogP contribution in [0.5, 0.6) is 0 Å². The average molecular weight is 343 g/mol. The largest absolute Gasteiger partial charge is 0.469 e. The fourth-order valence-corrected chi connectivity index (χ4v) is 2.56. The fourth-order valence-electron chi connectivity index (χ4n) is 2.56. The van der Waals surface area contributed by atoms with Crippen molar-refractivity contribution in [3.05, 3.63) is 52.8 Å². The molecule has 6 nitrogen and oxygen atoms in total. The summed E-state index contributed by atoms with van der Waals surface area (Å²) >= 11 is 0. The van der Waals surface area contributed by atoms with Crippen LogP contribution in [0.25, 0.3) is 0 Å². The maximum atomic E-state index is 12.5. The predicted molar refractivity (Wildman–Crippen MR) is 95.1 cm³/mol. The molecule has 1 heterocycles. The van der Waals surface area contributed by atoms with Crippen LogP contribution in [0.2, 0.25) is 0 Å². The lowest BCUT2D eigenvalue weighted by Gasteiger charge is -2.17. The summed E-state index contributed by atoms with van der Waals surface area (Å²) < 4.78 is 4.75. The van der Waals surface area contributed by atoms with Gasteiger partial charge in [0.1, 0.15) is 5.69 Å². The van der Waals surface area contributed by atoms with Crippen molar-refractivity contribution in [1.29, 1.82) is 0 Å². The van der Waals surface area contributed by atoms with Crippen LogP contribution >= 0.6 is 0 Å². The van der Waals surface area contributed by atoms with Crippen LogP contribution in [0.1, 0.15) is 53.6 Å². The summed E-state index contributed by atoms with van der Waals surface area (Å²) in [7, 11) is 1.34. The van der Waals surface area contributed by atoms with Crippen LogP contribution in [-0.4, -0.2) is 29.2 Å². The zero-order chi connectivity index (χ0) is 18.4. The zero-order valence-corrected chi connectivity index (χ0v) is 15.1. The lowest BCUT2D eigenvalue weighted by atomic mass is 10.0. The Labute approximate surface area is 148 Å². The molecule has 2 rings (SSSR count). The molecule has 1 unspecified atom stereocenters. The third-order valence-electron chi connectivity index (χ3n) is 3.88. The molecule has 1 aromatic heterocycles. The summed E-state index contributed by atoms with van der Waals surface area (Å²) in [6, 6.07) is 8.98. The number of ether oxygens (including phenoxy) is 1. The molecule has 1 atom stereocenters. The molecule has 6 heteroatoms. The summed E-state index contributed by atoms with van der Waals surface area (Å²) in [5, 5.41) is 9.84. The van der Waals surface area contributed by atoms with E-state index in [2.05, 4.69) is 29.4 Å². The van der Waals surface area contributed by atoms with Gasteiger partial charge >= 0.3 is 5.97 Å². The van der Waals surface area contributed by atoms with E-state index >= 15 is 0 Å². The summed E-state index contributed by atoms with van der Waals surface area (Å²) in [6.45, 7) is 6.19. The second kappa shape index (κ2) is 8.46. The summed E-state index contributed by atoms with van der Waals surface area (Å²) in [4.78, 5) is 24.2. The van der Waals surface area contributed by atoms with Gasteiger partial charge < -0.3 is 10.1 Å². The molecule has 134 valence electrons. The van der Waals surface area contributed by atoms with Crippen molar-refractivity contribution in [2.45, 2.75) is 39.7 Å². The minimum Gasteiger partial charge on any atom is -0.469 e. The minimum absolute atomic E-state index is 0.0641. The van der Waals surface area contributed by atoms with Crippen molar-refractivity contribution in [2.24, 2.45) is 5.92 Å². The van der Waals surface area contributed by atoms with E-state index < -0.39 is 6.04 Å². The first-order valence-corrected chi connectivity index (χ1v) is 8.37. The number of methoxy groups -OCH3 is 1. The monoisotopic (exact) mass is 343 g/mol. The average Bonchev–Trinajstić information content (AvgIpc) is 3.02. The Bertz CT molecular complexity index is 720. The molecule has 0 aliphatic rings. The van der Waals surface area contributed by atoms with Crippen LogP contribution in [0.3, 0.4) is 0 Å². The molecule has 0 saturated heterocycles. The smallest absolute Gasteiger partial charge is 0.307 e. The van der Waals surface area contributed by atoms with Gasteiger partial charge in [0.2, 0.25) is 0 Å². The molecule has 2 N–H and O–H groups in total. The Balaban J connectivity index is 2.14. The van der Waals surface area contributed by atoms with E-state index in [1.165, 1.54) is 7.11 Å². The molecule has 25 heavy (non-hydrogen) atoms. The number of rotatable bonds is 7. The highest BCUT2D eigenvalue weighted by molar-refractivity contribution is 5.93. The first-order chi connectivity index (χ1) is 11.9. The molecular formula is C19H25N3O3. The van der Waals surface area contributed by atoms with E-state index in [-0.39, 0.29) is 18.3 Å². The number of aromatic amines is 1. The lowest BCUT2D eigenvalue weighted by Crippen LogP contribution is -2.30. The van der Waals surface area contributed by atoms with Crippen molar-refractivity contribution in [2.75, 3.05) is 7.11 Å². The van der Waals surface area contributed by atoms with Crippen LogP contribution in [0.15, 0.2) is 30.3 Å². The first-order valence-electron chi connectivity index (χ1n) is 8.37. The Hall–Kier alpha value is -2.63. The molecule has 0 spiro atoms. The van der Waals surface area contributed by atoms with Gasteiger partial charge in [0, 0.05) is 5.69 Å². The normalized spacial score (nSPS) is 12.0. The summed E-state index contributed by atoms with van der Waals surface area (Å²) in [6.07, 6.45) is 0.887. The third-order valence-corrected chi connectivity index (χ3v) is 3.88. The fraction of sp³-hybridized carbons (Fsp3) is 0.421. The van der Waals surface area contributed by atoms with Gasteiger partial charge in [0.15, 0.2) is 0 Å². The molecule has 0 fully saturated rings. The van der Waals surface area contributed by atoms with Crippen LogP contribution in [0, 0.1) is 12.8 Å². The van der Waals surface area contributed by atoms with Crippen molar-refractivity contribution in [3.63, 3.8) is 0 Å². The molecule has 0 radical (unpaired) electrons. The van der Waals surface area contributed by atoms with Crippen LogP contribution < -0.4 is 5.32 Å². The number of amides is 1. The Kier molecular flexibility index (Phi) is 6.33. The van der Waals surface area contributed by atoms with Gasteiger partial charge in [-0.3, -0.25) is 14.7 Å². The number of nitrogens with one attached hydrogen (secondary N) is 2. The molecular weight excluding hydrogens is 318 g/mol. The molecule has 1 amide bonds. The highest BCUT2D eigenvalue weighted by atomic mass is 16.5. The van der Waals surface area contributed by atoms with Gasteiger partial charge in [0.25, 0.3) is 5.91 Å². The number of H-pyrrole nitrogens is 1. The maximum absolute atomic E-state index is 12.5. The standard InChI is InChI=1S/C19H25N3O3/c1-12(2)9-15-10-17(22-21-15)19(24)20-16(11-18(23)25-4)14-7-5-13(3)6-8-14/h5-8,10,12,16H,9,11H2,1-4H3,(H,20,24)(H,21,22). The predicted octanol–water partition coefficient (Wildman–Crippen LogP) is 2.95. The van der Waals surface area contributed by atoms with Crippen molar-refractivity contribution < 1.29 is 14.3 Å². The van der Waals surface area contributed by atoms with Crippen molar-refractivity contribution in [1.82, 2.24) is 15.5 Å². The maximum Gasteiger partial charge on any atom is 0.307 e. The minimum atomic E-state index is -0.467. The molecule has 0 saturated carbocycles. The second-order valence-corrected chi connectivity index (χ2v) is 6.59. The van der Waals surface area contributed by atoms with Crippen molar-refractivity contribution in [3.8, 4) is 0 Å². The number of benzene rings is 1. The third kappa shape index (κ3) is 5.45. The molecule has 2 aromatic rings. The van der Waals surface area contributed by atoms with E-state index in [1.54, 1.807) is 6.07 Å². The van der Waals surface area contributed by atoms with E-state index in [4.69, 9.17) is 4.74 Å². The van der Waals surface area contributed by atoms with E-state index in [9.17, 15) is 9.59 Å². The van der Waals surface area contributed by atoms with Gasteiger partial charge in [-0.15, -0.1) is 0 Å². The first kappa shape index (κ1) is 18.7. The van der Waals surface area contributed by atoms with Gasteiger partial charge in [-0.1, -0.05) is 43.7 Å². The highest BCUT2D eigenvalue weighted by Gasteiger charge is 2.21. The second-order valence-electron chi connectivity index (χ2n) is 6.59. The van der Waals surface area contributed by atoms with Gasteiger partial charge in [-0.05, 0) is 30.9 Å². The lowest BCUT2D eigenvalue weighted by molar-refractivity contribution is -0.141. The van der Waals surface area contributed by atoms with E-state index in [0.717, 1.165) is 23.2 Å². The van der Waals surface area contributed by atoms with E-state index in [1.807, 2.05) is 31.2 Å². The van der Waals surface area contributed by atoms with Gasteiger partial charge in [0.05, 0.1) is 19.6 Å². The number of aromatic nitrogens is 2. The number of aryl methyl sites for hydroxylation is 1. The Morgan fingerprint density at radius 3 is 2.52 bits per heavy atom. The SMILES string of the molecule is COC(=O)CC(NC(=O)c1cc(CC(C)C)[nH]n1)c1ccc(C)cc1. The zero-order valence-electron chi connectivity index (χ0n) is 15.1. The number of carbonyl (C=O) groups is 2. The van der Waals surface area contributed by atoms with Crippen LogP contribution in [0.4, 0.5) is 0 Å². The topological polar surface area (TPSA) is 84.1 Å². The number of carbonyl (C=O) groups excluding carboxylic acids is 2. The molecule has 0 aliphatic carbocycles. The number of hydrogen-bond donors (Lipinski definition) is 2. The molecule has 0 aliphatic heterocycles. The number of hydrogen-bond acceptors (Lipinski definition) is 4. The van der Waals surface area contributed by atoms with Crippen molar-refractivity contribution >= 4 is 11.9 Å². The van der Waals surface area contributed by atoms with Gasteiger partial charge in [-0.25, -0.2) is 0 Å². The van der Waals surface area contributed by atoms with Gasteiger partial charge in [-0.2, -0.15) is 5.10 Å². The quantitative estimate of drug-likeness (QED) is 0.757. The summed E-state index contributed by atoms with van der Waals surface area (Å²) in [5.41, 5.74) is 3.19. The van der Waals surface area contributed by atoms with E-state index in [0.29, 0.717) is 11.6 Å². The molecule has 0 bridgehead atoms. The van der Waals surface area contributed by atoms with Crippen LogP contribution in [-0.2, 0) is 16.0 Å². The number of nitrogens with zero attached hydrogens (tertiary/aromatic N) is 1. The summed E-state index contributed by atoms with van der Waals surface area (Å²) in [5.74, 6) is -0.231.